The van der Waals surface area contributed by atoms with Gasteiger partial charge in [0.2, 0.25) is 0 Å². The molecule has 0 rings (SSSR count). The topological polar surface area (TPSA) is 70.6 Å². The highest BCUT2D eigenvalue weighted by Crippen LogP contribution is 2.14. The van der Waals surface area contributed by atoms with Gasteiger partial charge in [0.25, 0.3) is 0 Å². The molecule has 0 amide bonds. The van der Waals surface area contributed by atoms with E-state index in [-0.39, 0.29) is 30.5 Å². The summed E-state index contributed by atoms with van der Waals surface area (Å²) in [7, 11) is -3.09. The van der Waals surface area contributed by atoms with Gasteiger partial charge in [0.15, 0.2) is 15.8 Å². The number of guanidine groups is 1. The quantitative estimate of drug-likeness (QED) is 0.426. The predicted octanol–water partition coefficient (Wildman–Crippen LogP) is 1.00. The average Bonchev–Trinajstić information content (AvgIpc) is 2.13. The summed E-state index contributed by atoms with van der Waals surface area (Å²) in [5.74, 6) is 0.654. The molecule has 0 fully saturated rings. The number of nitrogens with one attached hydrogen (secondary N) is 2. The molecule has 0 aliphatic carbocycles. The van der Waals surface area contributed by atoms with Crippen LogP contribution in [-0.4, -0.2) is 45.0 Å². The smallest absolute Gasteiger partial charge is 0.191 e. The normalized spacial score (nSPS) is 11.4. The summed E-state index contributed by atoms with van der Waals surface area (Å²) in [5.41, 5.74) is 0. The highest BCUT2D eigenvalue weighted by molar-refractivity contribution is 14.0. The Kier molecular flexibility index (Phi) is 9.22. The van der Waals surface area contributed by atoms with Gasteiger partial charge in [0, 0.05) is 19.3 Å². The first kappa shape index (κ1) is 19.3. The molecule has 0 aromatic carbocycles. The molecule has 5 nitrogen and oxygen atoms in total. The minimum atomic E-state index is -3.09. The van der Waals surface area contributed by atoms with Gasteiger partial charge in [-0.3, -0.25) is 4.99 Å². The molecule has 0 saturated carbocycles. The second kappa shape index (κ2) is 8.12. The summed E-state index contributed by atoms with van der Waals surface area (Å²) in [4.78, 5) is 4.26. The van der Waals surface area contributed by atoms with Crippen LogP contribution in [-0.2, 0) is 9.84 Å². The van der Waals surface area contributed by atoms with E-state index in [1.165, 1.54) is 6.26 Å². The fraction of sp³-hybridized carbons (Fsp3) is 0.900. The summed E-state index contributed by atoms with van der Waals surface area (Å²) in [5, 5.41) is 6.10. The number of sulfone groups is 1. The van der Waals surface area contributed by atoms with Gasteiger partial charge in [-0.1, -0.05) is 0 Å². The minimum absolute atomic E-state index is 0. The lowest BCUT2D eigenvalue weighted by Gasteiger charge is -2.20. The maximum atomic E-state index is 11.5. The van der Waals surface area contributed by atoms with Crippen molar-refractivity contribution in [2.75, 3.05) is 25.9 Å². The van der Waals surface area contributed by atoms with Gasteiger partial charge in [0.05, 0.1) is 11.3 Å². The van der Waals surface area contributed by atoms with Crippen LogP contribution in [0.15, 0.2) is 4.99 Å². The number of nitrogens with zero attached hydrogens (tertiary/aromatic N) is 1. The molecule has 7 heteroatoms. The van der Waals surface area contributed by atoms with E-state index in [0.29, 0.717) is 5.96 Å². The highest BCUT2D eigenvalue weighted by Gasteiger charge is 2.29. The number of hydrogen-bond donors (Lipinski definition) is 2. The Balaban J connectivity index is 0. The van der Waals surface area contributed by atoms with Crippen LogP contribution in [0.4, 0.5) is 0 Å². The van der Waals surface area contributed by atoms with Crippen LogP contribution < -0.4 is 10.6 Å². The molecular weight excluding hydrogens is 353 g/mol. The molecule has 0 bridgehead atoms. The summed E-state index contributed by atoms with van der Waals surface area (Å²) in [6, 6.07) is 0. The third-order valence-corrected chi connectivity index (χ3v) is 4.45. The van der Waals surface area contributed by atoms with Crippen LogP contribution in [0.2, 0.25) is 0 Å². The molecule has 2 N–H and O–H groups in total. The molecule has 0 spiro atoms. The molecule has 104 valence electrons. The first-order valence-electron chi connectivity index (χ1n) is 5.46. The SMILES string of the molecule is CCNC(=NCC(C)(C)S(C)(=O)=O)NCC.I. The molecule has 0 heterocycles. The van der Waals surface area contributed by atoms with Crippen molar-refractivity contribution in [1.82, 2.24) is 10.6 Å². The molecule has 0 aromatic rings. The number of hydrogen-bond acceptors (Lipinski definition) is 3. The van der Waals surface area contributed by atoms with Gasteiger partial charge in [-0.25, -0.2) is 8.42 Å². The fourth-order valence-electron chi connectivity index (χ4n) is 0.896. The van der Waals surface area contributed by atoms with Crippen LogP contribution in [0.25, 0.3) is 0 Å². The van der Waals surface area contributed by atoms with Crippen molar-refractivity contribution < 1.29 is 8.42 Å². The van der Waals surface area contributed by atoms with Crippen molar-refractivity contribution in [3.63, 3.8) is 0 Å². The van der Waals surface area contributed by atoms with Crippen molar-refractivity contribution in [2.45, 2.75) is 32.4 Å². The highest BCUT2D eigenvalue weighted by atomic mass is 127. The first-order valence-corrected chi connectivity index (χ1v) is 7.35. The Morgan fingerprint density at radius 3 is 1.88 bits per heavy atom. The van der Waals surface area contributed by atoms with Crippen molar-refractivity contribution in [2.24, 2.45) is 4.99 Å². The van der Waals surface area contributed by atoms with E-state index < -0.39 is 14.6 Å². The van der Waals surface area contributed by atoms with E-state index in [1.54, 1.807) is 13.8 Å². The molecule has 0 aromatic heterocycles. The van der Waals surface area contributed by atoms with Crippen molar-refractivity contribution >= 4 is 39.8 Å². The van der Waals surface area contributed by atoms with Crippen LogP contribution in [0.3, 0.4) is 0 Å². The fourth-order valence-corrected chi connectivity index (χ4v) is 1.19. The Labute approximate surface area is 122 Å². The van der Waals surface area contributed by atoms with E-state index in [2.05, 4.69) is 15.6 Å². The maximum Gasteiger partial charge on any atom is 0.191 e. The van der Waals surface area contributed by atoms with Crippen LogP contribution in [0, 0.1) is 0 Å². The minimum Gasteiger partial charge on any atom is -0.357 e. The second-order valence-corrected chi connectivity index (χ2v) is 6.91. The Morgan fingerprint density at radius 2 is 1.59 bits per heavy atom. The Bertz CT molecular complexity index is 331. The third kappa shape index (κ3) is 7.07. The Morgan fingerprint density at radius 1 is 1.18 bits per heavy atom. The molecule has 17 heavy (non-hydrogen) atoms. The number of aliphatic imine (C=N–C) groups is 1. The summed E-state index contributed by atoms with van der Waals surface area (Å²) < 4.78 is 22.1. The van der Waals surface area contributed by atoms with Gasteiger partial charge in [-0.05, 0) is 27.7 Å². The zero-order valence-electron chi connectivity index (χ0n) is 11.2. The van der Waals surface area contributed by atoms with Gasteiger partial charge in [-0.15, -0.1) is 24.0 Å². The van der Waals surface area contributed by atoms with Gasteiger partial charge in [-0.2, -0.15) is 0 Å². The van der Waals surface area contributed by atoms with E-state index in [9.17, 15) is 8.42 Å². The lowest BCUT2D eigenvalue weighted by atomic mass is 10.2. The molecule has 0 atom stereocenters. The molecular formula is C10H24IN3O2S. The average molecular weight is 377 g/mol. The maximum absolute atomic E-state index is 11.5. The van der Waals surface area contributed by atoms with Crippen LogP contribution >= 0.6 is 24.0 Å². The molecule has 0 saturated heterocycles. The van der Waals surface area contributed by atoms with Gasteiger partial charge < -0.3 is 10.6 Å². The standard InChI is InChI=1S/C10H23N3O2S.HI/c1-6-11-9(12-7-2)13-8-10(3,4)16(5,14)15;/h6-8H2,1-5H3,(H2,11,12,13);1H. The van der Waals surface area contributed by atoms with Gasteiger partial charge in [0.1, 0.15) is 0 Å². The Hall–Kier alpha value is -0.0500. The monoisotopic (exact) mass is 377 g/mol. The summed E-state index contributed by atoms with van der Waals surface area (Å²) in [6.45, 7) is 9.06. The van der Waals surface area contributed by atoms with E-state index in [0.717, 1.165) is 13.1 Å². The molecule has 0 unspecified atom stereocenters. The lowest BCUT2D eigenvalue weighted by Crippen LogP contribution is -2.40. The zero-order chi connectivity index (χ0) is 12.8. The second-order valence-electron chi connectivity index (χ2n) is 4.26. The number of rotatable bonds is 5. The van der Waals surface area contributed by atoms with Crippen LogP contribution in [0.5, 0.6) is 0 Å². The first-order chi connectivity index (χ1) is 7.24. The summed E-state index contributed by atoms with van der Waals surface area (Å²) in [6.07, 6.45) is 1.24. The lowest BCUT2D eigenvalue weighted by molar-refractivity contribution is 0.554. The summed E-state index contributed by atoms with van der Waals surface area (Å²) >= 11 is 0. The molecule has 0 aliphatic heterocycles. The molecule has 0 radical (unpaired) electrons. The van der Waals surface area contributed by atoms with E-state index in [1.807, 2.05) is 13.8 Å². The zero-order valence-corrected chi connectivity index (χ0v) is 14.3. The van der Waals surface area contributed by atoms with Crippen molar-refractivity contribution in [1.29, 1.82) is 0 Å². The number of halogens is 1. The van der Waals surface area contributed by atoms with E-state index >= 15 is 0 Å². The third-order valence-electron chi connectivity index (χ3n) is 2.31. The van der Waals surface area contributed by atoms with Crippen LogP contribution in [0.1, 0.15) is 27.7 Å². The van der Waals surface area contributed by atoms with Crippen molar-refractivity contribution in [3.05, 3.63) is 0 Å². The van der Waals surface area contributed by atoms with Gasteiger partial charge >= 0.3 is 0 Å². The van der Waals surface area contributed by atoms with Crippen molar-refractivity contribution in [3.8, 4) is 0 Å². The van der Waals surface area contributed by atoms with E-state index in [4.69, 9.17) is 0 Å². The predicted molar refractivity (Wildman–Crippen MR) is 84.0 cm³/mol. The molecule has 0 aliphatic rings. The largest absolute Gasteiger partial charge is 0.357 e.